The molecular formula is C10H15NO. The maximum atomic E-state index is 11.4. The molecule has 0 N–H and O–H groups in total. The van der Waals surface area contributed by atoms with E-state index in [9.17, 15) is 4.79 Å². The van der Waals surface area contributed by atoms with E-state index in [1.54, 1.807) is 0 Å². The molecule has 1 atom stereocenters. The topological polar surface area (TPSA) is 20.3 Å². The van der Waals surface area contributed by atoms with E-state index in [2.05, 4.69) is 27.7 Å². The van der Waals surface area contributed by atoms with Crippen LogP contribution in [0.2, 0.25) is 0 Å². The highest BCUT2D eigenvalue weighted by molar-refractivity contribution is 5.87. The molecule has 0 aromatic carbocycles. The van der Waals surface area contributed by atoms with Crippen LogP contribution in [-0.2, 0) is 4.79 Å². The van der Waals surface area contributed by atoms with E-state index in [4.69, 9.17) is 0 Å². The molecule has 0 spiro atoms. The minimum absolute atomic E-state index is 0.218. The van der Waals surface area contributed by atoms with Crippen LogP contribution in [-0.4, -0.2) is 16.8 Å². The number of fused-ring (bicyclic) bond motifs is 1. The second kappa shape index (κ2) is 1.93. The third kappa shape index (κ3) is 0.637. The van der Waals surface area contributed by atoms with Crippen LogP contribution in [0.15, 0.2) is 11.3 Å². The van der Waals surface area contributed by atoms with E-state index in [0.717, 1.165) is 0 Å². The van der Waals surface area contributed by atoms with Crippen LogP contribution in [0.25, 0.3) is 0 Å². The molecule has 2 aliphatic heterocycles. The van der Waals surface area contributed by atoms with Gasteiger partial charge >= 0.3 is 0 Å². The number of carbonyl (C=O) groups is 1. The van der Waals surface area contributed by atoms with Crippen molar-refractivity contribution in [1.82, 2.24) is 4.90 Å². The maximum Gasteiger partial charge on any atom is 0.231 e. The summed E-state index contributed by atoms with van der Waals surface area (Å²) >= 11 is 0. The van der Waals surface area contributed by atoms with E-state index >= 15 is 0 Å². The largest absolute Gasteiger partial charge is 0.312 e. The van der Waals surface area contributed by atoms with Crippen molar-refractivity contribution < 1.29 is 4.79 Å². The molecule has 2 aliphatic rings. The first-order chi connectivity index (χ1) is 5.46. The second-order valence-electron chi connectivity index (χ2n) is 4.47. The van der Waals surface area contributed by atoms with Crippen molar-refractivity contribution in [3.8, 4) is 0 Å². The van der Waals surface area contributed by atoms with E-state index in [0.29, 0.717) is 12.5 Å². The Morgan fingerprint density at radius 3 is 2.58 bits per heavy atom. The summed E-state index contributed by atoms with van der Waals surface area (Å²) in [5.41, 5.74) is 2.76. The zero-order valence-electron chi connectivity index (χ0n) is 8.14. The van der Waals surface area contributed by atoms with Gasteiger partial charge in [-0.05, 0) is 19.4 Å². The van der Waals surface area contributed by atoms with Gasteiger partial charge in [0.2, 0.25) is 5.91 Å². The van der Waals surface area contributed by atoms with Gasteiger partial charge in [-0.1, -0.05) is 13.8 Å². The first kappa shape index (κ1) is 7.84. The van der Waals surface area contributed by atoms with Gasteiger partial charge in [-0.2, -0.15) is 0 Å². The second-order valence-corrected chi connectivity index (χ2v) is 4.47. The molecule has 1 unspecified atom stereocenters. The van der Waals surface area contributed by atoms with E-state index in [-0.39, 0.29) is 11.3 Å². The van der Waals surface area contributed by atoms with Gasteiger partial charge < -0.3 is 4.90 Å². The Morgan fingerprint density at radius 2 is 2.08 bits per heavy atom. The minimum atomic E-state index is 0.218. The highest BCUT2D eigenvalue weighted by Crippen LogP contribution is 2.52. The number of carbonyl (C=O) groups excluding carboxylic acids is 1. The lowest BCUT2D eigenvalue weighted by molar-refractivity contribution is -0.137. The van der Waals surface area contributed by atoms with Crippen LogP contribution < -0.4 is 0 Å². The molecule has 0 radical (unpaired) electrons. The van der Waals surface area contributed by atoms with Gasteiger partial charge in [-0.15, -0.1) is 0 Å². The van der Waals surface area contributed by atoms with Crippen molar-refractivity contribution in [1.29, 1.82) is 0 Å². The quantitative estimate of drug-likeness (QED) is 0.537. The molecule has 0 saturated carbocycles. The summed E-state index contributed by atoms with van der Waals surface area (Å²) in [5.74, 6) is 0.286. The van der Waals surface area contributed by atoms with Crippen LogP contribution in [0.5, 0.6) is 0 Å². The summed E-state index contributed by atoms with van der Waals surface area (Å²) in [6, 6.07) is 0.387. The summed E-state index contributed by atoms with van der Waals surface area (Å²) in [7, 11) is 0. The molecule has 0 aliphatic carbocycles. The molecule has 1 fully saturated rings. The molecule has 66 valence electrons. The van der Waals surface area contributed by atoms with Gasteiger partial charge in [0, 0.05) is 23.6 Å². The van der Waals surface area contributed by atoms with E-state index < -0.39 is 0 Å². The Morgan fingerprint density at radius 1 is 1.50 bits per heavy atom. The van der Waals surface area contributed by atoms with Gasteiger partial charge in [0.05, 0.1) is 0 Å². The predicted octanol–water partition coefficient (Wildman–Crippen LogP) is 1.92. The standard InChI is InChI=1S/C10H15NO/c1-6-5-8(12)11-7(2)10(3,4)9(6)11/h7H,5H2,1-4H3. The van der Waals surface area contributed by atoms with Crippen molar-refractivity contribution in [2.24, 2.45) is 5.41 Å². The number of nitrogens with zero attached hydrogens (tertiary/aromatic N) is 1. The smallest absolute Gasteiger partial charge is 0.231 e. The Labute approximate surface area is 73.2 Å². The monoisotopic (exact) mass is 165 g/mol. The van der Waals surface area contributed by atoms with E-state index in [1.807, 2.05) is 4.90 Å². The molecule has 1 amide bonds. The lowest BCUT2D eigenvalue weighted by Crippen LogP contribution is -2.57. The van der Waals surface area contributed by atoms with Gasteiger partial charge in [0.25, 0.3) is 0 Å². The fourth-order valence-electron chi connectivity index (χ4n) is 2.45. The summed E-state index contributed by atoms with van der Waals surface area (Å²) < 4.78 is 0. The predicted molar refractivity (Wildman–Crippen MR) is 47.4 cm³/mol. The fourth-order valence-corrected chi connectivity index (χ4v) is 2.45. The molecule has 0 bridgehead atoms. The zero-order chi connectivity index (χ0) is 9.09. The minimum Gasteiger partial charge on any atom is -0.312 e. The number of amides is 1. The molecule has 0 aromatic heterocycles. The Bertz CT molecular complexity index is 288. The lowest BCUT2D eigenvalue weighted by atomic mass is 9.72. The molecule has 0 aromatic rings. The van der Waals surface area contributed by atoms with Crippen molar-refractivity contribution in [3.63, 3.8) is 0 Å². The normalized spacial score (nSPS) is 32.2. The average molecular weight is 165 g/mol. The molecular weight excluding hydrogens is 150 g/mol. The zero-order valence-corrected chi connectivity index (χ0v) is 8.14. The molecule has 2 rings (SSSR count). The van der Waals surface area contributed by atoms with Crippen molar-refractivity contribution in [3.05, 3.63) is 11.3 Å². The number of rotatable bonds is 0. The molecule has 12 heavy (non-hydrogen) atoms. The third-order valence-electron chi connectivity index (χ3n) is 3.37. The Hall–Kier alpha value is -0.790. The first-order valence-electron chi connectivity index (χ1n) is 4.48. The molecule has 2 heteroatoms. The van der Waals surface area contributed by atoms with Crippen LogP contribution in [0, 0.1) is 5.41 Å². The first-order valence-corrected chi connectivity index (χ1v) is 4.48. The van der Waals surface area contributed by atoms with Gasteiger partial charge in [0.1, 0.15) is 0 Å². The summed E-state index contributed by atoms with van der Waals surface area (Å²) in [5, 5.41) is 0. The van der Waals surface area contributed by atoms with Crippen molar-refractivity contribution in [2.45, 2.75) is 40.2 Å². The molecule has 2 nitrogen and oxygen atoms in total. The molecule has 1 saturated heterocycles. The van der Waals surface area contributed by atoms with Crippen LogP contribution in [0.4, 0.5) is 0 Å². The number of hydrogen-bond acceptors (Lipinski definition) is 1. The lowest BCUT2D eigenvalue weighted by Gasteiger charge is -2.53. The maximum absolute atomic E-state index is 11.4. The highest BCUT2D eigenvalue weighted by atomic mass is 16.2. The third-order valence-corrected chi connectivity index (χ3v) is 3.37. The van der Waals surface area contributed by atoms with Gasteiger partial charge in [-0.3, -0.25) is 4.79 Å². The summed E-state index contributed by atoms with van der Waals surface area (Å²) in [6.07, 6.45) is 0.642. The fraction of sp³-hybridized carbons (Fsp3) is 0.700. The van der Waals surface area contributed by atoms with Gasteiger partial charge in [-0.25, -0.2) is 0 Å². The summed E-state index contributed by atoms with van der Waals surface area (Å²) in [6.45, 7) is 8.62. The van der Waals surface area contributed by atoms with Crippen molar-refractivity contribution >= 4 is 5.91 Å². The Balaban J connectivity index is 2.43. The number of hydrogen-bond donors (Lipinski definition) is 0. The SMILES string of the molecule is CC1=C2N(C(=O)C1)C(C)C2(C)C. The van der Waals surface area contributed by atoms with Crippen molar-refractivity contribution in [2.75, 3.05) is 0 Å². The van der Waals surface area contributed by atoms with Gasteiger partial charge in [0.15, 0.2) is 0 Å². The van der Waals surface area contributed by atoms with Crippen LogP contribution >= 0.6 is 0 Å². The van der Waals surface area contributed by atoms with Crippen LogP contribution in [0.1, 0.15) is 34.1 Å². The highest BCUT2D eigenvalue weighted by Gasteiger charge is 2.53. The Kier molecular flexibility index (Phi) is 1.26. The average Bonchev–Trinajstić information content (AvgIpc) is 2.23. The van der Waals surface area contributed by atoms with E-state index in [1.165, 1.54) is 11.3 Å². The van der Waals surface area contributed by atoms with Crippen LogP contribution in [0.3, 0.4) is 0 Å². The summed E-state index contributed by atoms with van der Waals surface area (Å²) in [4.78, 5) is 13.4. The molecule has 2 heterocycles.